The van der Waals surface area contributed by atoms with Gasteiger partial charge in [-0.1, -0.05) is 11.6 Å². The summed E-state index contributed by atoms with van der Waals surface area (Å²) < 4.78 is 0. The van der Waals surface area contributed by atoms with Gasteiger partial charge in [-0.3, -0.25) is 9.59 Å². The number of aliphatic carboxylic acids is 1. The van der Waals surface area contributed by atoms with E-state index in [0.717, 1.165) is 0 Å². The average molecular weight is 274 g/mol. The molecule has 1 fully saturated rings. The first-order valence-corrected chi connectivity index (χ1v) is 6.60. The van der Waals surface area contributed by atoms with E-state index in [1.54, 1.807) is 11.4 Å². The zero-order valence-electron chi connectivity index (χ0n) is 8.98. The number of hydrogen-bond donors (Lipinski definition) is 2. The summed E-state index contributed by atoms with van der Waals surface area (Å²) in [5.41, 5.74) is 0. The minimum atomic E-state index is -0.782. The summed E-state index contributed by atoms with van der Waals surface area (Å²) in [5, 5.41) is 13.9. The van der Waals surface area contributed by atoms with Crippen LogP contribution < -0.4 is 5.32 Å². The maximum atomic E-state index is 11.8. The number of rotatable bonds is 3. The third kappa shape index (κ3) is 2.79. The molecule has 0 spiro atoms. The fourth-order valence-corrected chi connectivity index (χ4v) is 3.09. The van der Waals surface area contributed by atoms with E-state index in [1.807, 2.05) is 0 Å². The van der Waals surface area contributed by atoms with Crippen LogP contribution in [0.5, 0.6) is 0 Å². The van der Waals surface area contributed by atoms with Gasteiger partial charge in [0.25, 0.3) is 5.91 Å². The molecule has 0 saturated heterocycles. The van der Waals surface area contributed by atoms with Crippen molar-refractivity contribution < 1.29 is 14.7 Å². The summed E-state index contributed by atoms with van der Waals surface area (Å²) in [7, 11) is 0. The van der Waals surface area contributed by atoms with E-state index in [1.165, 1.54) is 11.3 Å². The number of carbonyl (C=O) groups is 2. The Morgan fingerprint density at radius 3 is 2.76 bits per heavy atom. The monoisotopic (exact) mass is 273 g/mol. The Morgan fingerprint density at radius 1 is 1.47 bits per heavy atom. The molecule has 1 heterocycles. The zero-order valence-corrected chi connectivity index (χ0v) is 10.6. The van der Waals surface area contributed by atoms with E-state index in [-0.39, 0.29) is 17.9 Å². The Hall–Kier alpha value is -1.07. The molecule has 92 valence electrons. The van der Waals surface area contributed by atoms with Crippen LogP contribution in [-0.2, 0) is 4.79 Å². The Balaban J connectivity index is 1.93. The van der Waals surface area contributed by atoms with Crippen molar-refractivity contribution in [2.45, 2.75) is 25.3 Å². The van der Waals surface area contributed by atoms with Crippen LogP contribution in [-0.4, -0.2) is 23.0 Å². The molecule has 17 heavy (non-hydrogen) atoms. The summed E-state index contributed by atoms with van der Waals surface area (Å²) in [4.78, 5) is 23.1. The first-order chi connectivity index (χ1) is 8.08. The van der Waals surface area contributed by atoms with E-state index in [2.05, 4.69) is 5.32 Å². The predicted molar refractivity (Wildman–Crippen MR) is 65.6 cm³/mol. The van der Waals surface area contributed by atoms with Crippen LogP contribution in [0.2, 0.25) is 5.02 Å². The highest BCUT2D eigenvalue weighted by molar-refractivity contribution is 7.12. The summed E-state index contributed by atoms with van der Waals surface area (Å²) in [5.74, 6) is -1.32. The molecule has 1 aliphatic carbocycles. The van der Waals surface area contributed by atoms with E-state index in [4.69, 9.17) is 16.7 Å². The Kier molecular flexibility index (Phi) is 3.69. The van der Waals surface area contributed by atoms with Crippen molar-refractivity contribution in [3.63, 3.8) is 0 Å². The first-order valence-electron chi connectivity index (χ1n) is 5.34. The van der Waals surface area contributed by atoms with Gasteiger partial charge in [0.05, 0.1) is 10.9 Å². The fraction of sp³-hybridized carbons (Fsp3) is 0.455. The van der Waals surface area contributed by atoms with Crippen LogP contribution in [0.3, 0.4) is 0 Å². The van der Waals surface area contributed by atoms with Crippen molar-refractivity contribution in [2.75, 3.05) is 0 Å². The third-order valence-corrected chi connectivity index (χ3v) is 4.28. The normalized spacial score (nSPS) is 23.6. The van der Waals surface area contributed by atoms with Gasteiger partial charge in [0.2, 0.25) is 0 Å². The highest BCUT2D eigenvalue weighted by atomic mass is 35.5. The molecule has 2 rings (SSSR count). The zero-order chi connectivity index (χ0) is 12.4. The number of nitrogens with one attached hydrogen (secondary N) is 1. The van der Waals surface area contributed by atoms with Gasteiger partial charge in [-0.05, 0) is 30.7 Å². The van der Waals surface area contributed by atoms with Gasteiger partial charge in [0.1, 0.15) is 4.88 Å². The van der Waals surface area contributed by atoms with Gasteiger partial charge in [0.15, 0.2) is 0 Å². The Labute approximate surface area is 108 Å². The average Bonchev–Trinajstić information content (AvgIpc) is 2.86. The van der Waals surface area contributed by atoms with Gasteiger partial charge in [-0.15, -0.1) is 11.3 Å². The molecule has 0 aromatic carbocycles. The first kappa shape index (κ1) is 12.4. The molecule has 1 aromatic heterocycles. The lowest BCUT2D eigenvalue weighted by Gasteiger charge is -2.11. The van der Waals surface area contributed by atoms with Crippen LogP contribution in [0.1, 0.15) is 28.9 Å². The second-order valence-corrected chi connectivity index (χ2v) is 5.44. The standard InChI is InChI=1S/C11H12ClNO3S/c12-8-3-4-17-9(8)10(14)13-7-2-1-6(5-7)11(15)16/h3-4,6-7H,1-2,5H2,(H,13,14)(H,15,16). The molecule has 2 atom stereocenters. The molecule has 4 nitrogen and oxygen atoms in total. The highest BCUT2D eigenvalue weighted by Crippen LogP contribution is 2.27. The topological polar surface area (TPSA) is 66.4 Å². The van der Waals surface area contributed by atoms with E-state index >= 15 is 0 Å². The van der Waals surface area contributed by atoms with Crippen LogP contribution in [0.25, 0.3) is 0 Å². The maximum Gasteiger partial charge on any atom is 0.306 e. The van der Waals surface area contributed by atoms with Gasteiger partial charge >= 0.3 is 5.97 Å². The number of thiophene rings is 1. The lowest BCUT2D eigenvalue weighted by molar-refractivity contribution is -0.141. The fourth-order valence-electron chi connectivity index (χ4n) is 2.04. The molecule has 0 radical (unpaired) electrons. The third-order valence-electron chi connectivity index (χ3n) is 2.94. The summed E-state index contributed by atoms with van der Waals surface area (Å²) >= 11 is 7.14. The molecule has 1 aromatic rings. The molecule has 2 N–H and O–H groups in total. The van der Waals surface area contributed by atoms with Crippen molar-refractivity contribution >= 4 is 34.8 Å². The van der Waals surface area contributed by atoms with Crippen molar-refractivity contribution in [1.29, 1.82) is 0 Å². The minimum Gasteiger partial charge on any atom is -0.481 e. The minimum absolute atomic E-state index is 0.0539. The molecule has 2 unspecified atom stereocenters. The van der Waals surface area contributed by atoms with Crippen molar-refractivity contribution in [2.24, 2.45) is 5.92 Å². The van der Waals surface area contributed by atoms with E-state index < -0.39 is 5.97 Å². The second kappa shape index (κ2) is 5.06. The largest absolute Gasteiger partial charge is 0.481 e. The number of halogens is 1. The Bertz CT molecular complexity index is 446. The lowest BCUT2D eigenvalue weighted by Crippen LogP contribution is -2.33. The van der Waals surface area contributed by atoms with Gasteiger partial charge in [-0.2, -0.15) is 0 Å². The number of amides is 1. The van der Waals surface area contributed by atoms with Gasteiger partial charge < -0.3 is 10.4 Å². The molecule has 1 amide bonds. The Morgan fingerprint density at radius 2 is 2.24 bits per heavy atom. The highest BCUT2D eigenvalue weighted by Gasteiger charge is 2.31. The smallest absolute Gasteiger partial charge is 0.306 e. The summed E-state index contributed by atoms with van der Waals surface area (Å²) in [6.45, 7) is 0. The van der Waals surface area contributed by atoms with Crippen LogP contribution in [0.15, 0.2) is 11.4 Å². The van der Waals surface area contributed by atoms with Crippen LogP contribution >= 0.6 is 22.9 Å². The molecular weight excluding hydrogens is 262 g/mol. The van der Waals surface area contributed by atoms with Crippen molar-refractivity contribution in [1.82, 2.24) is 5.32 Å². The second-order valence-electron chi connectivity index (χ2n) is 4.12. The SMILES string of the molecule is O=C(NC1CCC(C(=O)O)C1)c1sccc1Cl. The van der Waals surface area contributed by atoms with Crippen molar-refractivity contribution in [3.8, 4) is 0 Å². The molecule has 1 saturated carbocycles. The molecule has 6 heteroatoms. The van der Waals surface area contributed by atoms with E-state index in [0.29, 0.717) is 29.2 Å². The van der Waals surface area contributed by atoms with Crippen LogP contribution in [0, 0.1) is 5.92 Å². The lowest BCUT2D eigenvalue weighted by atomic mass is 10.1. The number of carboxylic acid groups (broad SMARTS) is 1. The number of carboxylic acids is 1. The van der Waals surface area contributed by atoms with Crippen molar-refractivity contribution in [3.05, 3.63) is 21.3 Å². The summed E-state index contributed by atoms with van der Waals surface area (Å²) in [6.07, 6.45) is 1.84. The number of carbonyl (C=O) groups excluding carboxylic acids is 1. The molecule has 0 bridgehead atoms. The van der Waals surface area contributed by atoms with Crippen LogP contribution in [0.4, 0.5) is 0 Å². The molecular formula is C11H12ClNO3S. The van der Waals surface area contributed by atoms with Gasteiger partial charge in [-0.25, -0.2) is 0 Å². The maximum absolute atomic E-state index is 11.8. The predicted octanol–water partition coefficient (Wildman–Crippen LogP) is 2.38. The quantitative estimate of drug-likeness (QED) is 0.889. The molecule has 1 aliphatic rings. The number of hydrogen-bond acceptors (Lipinski definition) is 3. The summed E-state index contributed by atoms with van der Waals surface area (Å²) in [6, 6.07) is 1.62. The molecule has 0 aliphatic heterocycles. The van der Waals surface area contributed by atoms with E-state index in [9.17, 15) is 9.59 Å². The van der Waals surface area contributed by atoms with Gasteiger partial charge in [0, 0.05) is 6.04 Å².